The molecule has 0 saturated heterocycles. The second-order valence-electron chi connectivity index (χ2n) is 3.86. The summed E-state index contributed by atoms with van der Waals surface area (Å²) in [4.78, 5) is 10.6. The molecule has 1 rings (SSSR count). The molecule has 0 aliphatic carbocycles. The third kappa shape index (κ3) is 5.78. The molecule has 3 nitrogen and oxygen atoms in total. The molecule has 1 aromatic rings. The Bertz CT molecular complexity index is 393. The van der Waals surface area contributed by atoms with Crippen molar-refractivity contribution in [3.8, 4) is 0 Å². The molecule has 0 atom stereocenters. The Balaban J connectivity index is 2.39. The average Bonchev–Trinajstić information content (AvgIpc) is 2.30. The molecule has 0 amide bonds. The summed E-state index contributed by atoms with van der Waals surface area (Å²) in [5.41, 5.74) is 1.90. The lowest BCUT2D eigenvalue weighted by Gasteiger charge is -2.15. The molecule has 0 bridgehead atoms. The largest absolute Gasteiger partial charge is 0.295 e. The second kappa shape index (κ2) is 7.52. The summed E-state index contributed by atoms with van der Waals surface area (Å²) in [6.45, 7) is 7.42. The van der Waals surface area contributed by atoms with Gasteiger partial charge in [0.1, 0.15) is 0 Å². The highest BCUT2D eigenvalue weighted by molar-refractivity contribution is 5.71. The third-order valence-electron chi connectivity index (χ3n) is 2.15. The van der Waals surface area contributed by atoms with E-state index in [1.54, 1.807) is 6.21 Å². The minimum atomic E-state index is 0.741. The Hall–Kier alpha value is -1.74. The lowest BCUT2D eigenvalue weighted by molar-refractivity contribution is 0.350. The standard InChI is InChI=1S/C14H19N3/c1-4-5-9-15-13(2)11-17(3)12-14-8-6-7-10-16-14/h4-10H,2,11-12H2,1,3H3/b5-4-,15-9?. The lowest BCUT2D eigenvalue weighted by atomic mass is 10.3. The first-order valence-electron chi connectivity index (χ1n) is 5.64. The summed E-state index contributed by atoms with van der Waals surface area (Å²) in [5, 5.41) is 0. The van der Waals surface area contributed by atoms with Crippen molar-refractivity contribution in [1.29, 1.82) is 0 Å². The van der Waals surface area contributed by atoms with Crippen molar-refractivity contribution < 1.29 is 0 Å². The first kappa shape index (κ1) is 13.3. The highest BCUT2D eigenvalue weighted by Gasteiger charge is 2.01. The van der Waals surface area contributed by atoms with Crippen LogP contribution in [0.5, 0.6) is 0 Å². The van der Waals surface area contributed by atoms with Gasteiger partial charge in [-0.2, -0.15) is 0 Å². The van der Waals surface area contributed by atoms with Gasteiger partial charge in [-0.15, -0.1) is 0 Å². The zero-order valence-corrected chi connectivity index (χ0v) is 10.5. The first-order valence-corrected chi connectivity index (χ1v) is 5.64. The van der Waals surface area contributed by atoms with Crippen LogP contribution < -0.4 is 0 Å². The minimum Gasteiger partial charge on any atom is -0.295 e. The summed E-state index contributed by atoms with van der Waals surface area (Å²) in [5.74, 6) is 0. The Labute approximate surface area is 103 Å². The predicted octanol–water partition coefficient (Wildman–Crippen LogP) is 2.67. The van der Waals surface area contributed by atoms with Crippen LogP contribution in [0.15, 0.2) is 53.8 Å². The van der Waals surface area contributed by atoms with Crippen LogP contribution >= 0.6 is 0 Å². The van der Waals surface area contributed by atoms with Crippen LogP contribution in [0.25, 0.3) is 0 Å². The zero-order chi connectivity index (χ0) is 12.5. The van der Waals surface area contributed by atoms with Crippen molar-refractivity contribution >= 4 is 6.21 Å². The van der Waals surface area contributed by atoms with Gasteiger partial charge in [-0.3, -0.25) is 14.9 Å². The molecule has 0 aliphatic heterocycles. The highest BCUT2D eigenvalue weighted by Crippen LogP contribution is 2.02. The van der Waals surface area contributed by atoms with Gasteiger partial charge >= 0.3 is 0 Å². The van der Waals surface area contributed by atoms with Crippen LogP contribution in [0.1, 0.15) is 12.6 Å². The Kier molecular flexibility index (Phi) is 5.89. The maximum atomic E-state index is 4.28. The van der Waals surface area contributed by atoms with E-state index in [0.717, 1.165) is 24.5 Å². The quantitative estimate of drug-likeness (QED) is 0.702. The number of pyridine rings is 1. The molecule has 1 heterocycles. The predicted molar refractivity (Wildman–Crippen MR) is 73.0 cm³/mol. The molecule has 17 heavy (non-hydrogen) atoms. The normalized spacial score (nSPS) is 11.7. The number of hydrogen-bond acceptors (Lipinski definition) is 3. The Morgan fingerprint density at radius 2 is 2.35 bits per heavy atom. The second-order valence-corrected chi connectivity index (χ2v) is 3.86. The Morgan fingerprint density at radius 1 is 1.53 bits per heavy atom. The van der Waals surface area contributed by atoms with Crippen LogP contribution in [0.3, 0.4) is 0 Å². The fraction of sp³-hybridized carbons (Fsp3) is 0.286. The van der Waals surface area contributed by atoms with Gasteiger partial charge in [0.2, 0.25) is 0 Å². The first-order chi connectivity index (χ1) is 8.22. The topological polar surface area (TPSA) is 28.5 Å². The zero-order valence-electron chi connectivity index (χ0n) is 10.5. The van der Waals surface area contributed by atoms with Crippen LogP contribution in [0.4, 0.5) is 0 Å². The molecule has 90 valence electrons. The fourth-order valence-electron chi connectivity index (χ4n) is 1.41. The summed E-state index contributed by atoms with van der Waals surface area (Å²) in [6.07, 6.45) is 7.40. The van der Waals surface area contributed by atoms with Gasteiger partial charge in [-0.25, -0.2) is 0 Å². The summed E-state index contributed by atoms with van der Waals surface area (Å²) in [6, 6.07) is 5.93. The molecule has 3 heteroatoms. The van der Waals surface area contributed by atoms with Crippen molar-refractivity contribution in [2.24, 2.45) is 4.99 Å². The van der Waals surface area contributed by atoms with E-state index in [2.05, 4.69) is 21.5 Å². The van der Waals surface area contributed by atoms with E-state index in [1.165, 1.54) is 0 Å². The molecule has 0 aliphatic rings. The van der Waals surface area contributed by atoms with Crippen LogP contribution in [0, 0.1) is 0 Å². The molecule has 0 fully saturated rings. The minimum absolute atomic E-state index is 0.741. The van der Waals surface area contributed by atoms with E-state index in [-0.39, 0.29) is 0 Å². The number of hydrogen-bond donors (Lipinski definition) is 0. The average molecular weight is 229 g/mol. The SMILES string of the molecule is C=C(CN(C)Cc1ccccn1)N=C/C=C\C. The van der Waals surface area contributed by atoms with Crippen molar-refractivity contribution in [2.45, 2.75) is 13.5 Å². The van der Waals surface area contributed by atoms with Gasteiger partial charge in [0, 0.05) is 31.2 Å². The molecule has 1 aromatic heterocycles. The molecule has 0 unspecified atom stereocenters. The number of allylic oxidation sites excluding steroid dienone is 2. The van der Waals surface area contributed by atoms with Gasteiger partial charge in [-0.1, -0.05) is 18.7 Å². The number of nitrogens with zero attached hydrogens (tertiary/aromatic N) is 3. The van der Waals surface area contributed by atoms with Gasteiger partial charge < -0.3 is 0 Å². The van der Waals surface area contributed by atoms with E-state index < -0.39 is 0 Å². The molecule has 0 saturated carbocycles. The van der Waals surface area contributed by atoms with Crippen LogP contribution in [-0.4, -0.2) is 29.7 Å². The van der Waals surface area contributed by atoms with E-state index in [4.69, 9.17) is 0 Å². The number of aliphatic imine (C=N–C) groups is 1. The van der Waals surface area contributed by atoms with Gasteiger partial charge in [0.15, 0.2) is 0 Å². The van der Waals surface area contributed by atoms with Gasteiger partial charge in [0.05, 0.1) is 5.69 Å². The molecular weight excluding hydrogens is 210 g/mol. The summed E-state index contributed by atoms with van der Waals surface area (Å²) in [7, 11) is 2.03. The molecular formula is C14H19N3. The number of likely N-dealkylation sites (N-methyl/N-ethyl adjacent to an activating group) is 1. The van der Waals surface area contributed by atoms with Crippen molar-refractivity contribution in [1.82, 2.24) is 9.88 Å². The van der Waals surface area contributed by atoms with Crippen LogP contribution in [0.2, 0.25) is 0 Å². The van der Waals surface area contributed by atoms with Crippen molar-refractivity contribution in [3.63, 3.8) is 0 Å². The maximum Gasteiger partial charge on any atom is 0.0543 e. The van der Waals surface area contributed by atoms with E-state index in [9.17, 15) is 0 Å². The van der Waals surface area contributed by atoms with E-state index >= 15 is 0 Å². The number of aromatic nitrogens is 1. The molecule has 0 spiro atoms. The molecule has 0 N–H and O–H groups in total. The van der Waals surface area contributed by atoms with Gasteiger partial charge in [0.25, 0.3) is 0 Å². The van der Waals surface area contributed by atoms with E-state index in [1.807, 2.05) is 50.5 Å². The van der Waals surface area contributed by atoms with Crippen molar-refractivity contribution in [2.75, 3.05) is 13.6 Å². The molecule has 0 aromatic carbocycles. The van der Waals surface area contributed by atoms with Gasteiger partial charge in [-0.05, 0) is 32.2 Å². The van der Waals surface area contributed by atoms with Crippen molar-refractivity contribution in [3.05, 3.63) is 54.5 Å². The monoisotopic (exact) mass is 229 g/mol. The third-order valence-corrected chi connectivity index (χ3v) is 2.15. The van der Waals surface area contributed by atoms with Crippen LogP contribution in [-0.2, 0) is 6.54 Å². The molecule has 0 radical (unpaired) electrons. The Morgan fingerprint density at radius 3 is 3.00 bits per heavy atom. The lowest BCUT2D eigenvalue weighted by Crippen LogP contribution is -2.20. The maximum absolute atomic E-state index is 4.28. The summed E-state index contributed by atoms with van der Waals surface area (Å²) >= 11 is 0. The van der Waals surface area contributed by atoms with E-state index in [0.29, 0.717) is 0 Å². The summed E-state index contributed by atoms with van der Waals surface area (Å²) < 4.78 is 0. The smallest absolute Gasteiger partial charge is 0.0543 e. The fourth-order valence-corrected chi connectivity index (χ4v) is 1.41. The number of rotatable bonds is 6. The highest BCUT2D eigenvalue weighted by atomic mass is 15.1.